The van der Waals surface area contributed by atoms with E-state index < -0.39 is 0 Å². The molecule has 0 aliphatic carbocycles. The van der Waals surface area contributed by atoms with Gasteiger partial charge in [0.15, 0.2) is 0 Å². The molecule has 0 atom stereocenters. The largest absolute Gasteiger partial charge is 0.317 e. The van der Waals surface area contributed by atoms with Gasteiger partial charge in [0.1, 0.15) is 0 Å². The number of nitrogens with zero attached hydrogens (tertiary/aromatic N) is 1. The van der Waals surface area contributed by atoms with Crippen LogP contribution in [0.4, 0.5) is 0 Å². The molecule has 2 heterocycles. The number of nitrogens with one attached hydrogen (secondary N) is 2. The zero-order chi connectivity index (χ0) is 12.2. The van der Waals surface area contributed by atoms with E-state index in [2.05, 4.69) is 45.8 Å². The Bertz CT molecular complexity index is 483. The number of aromatic nitrogens is 2. The fourth-order valence-electron chi connectivity index (χ4n) is 2.71. The van der Waals surface area contributed by atoms with E-state index in [1.54, 1.807) is 0 Å². The smallest absolute Gasteiger partial charge is 0.0568 e. The van der Waals surface area contributed by atoms with Gasteiger partial charge >= 0.3 is 0 Å². The third kappa shape index (κ3) is 2.46. The average Bonchev–Trinajstić information content (AvgIpc) is 2.89. The number of hydrogen-bond acceptors (Lipinski definition) is 2. The van der Waals surface area contributed by atoms with Gasteiger partial charge in [0, 0.05) is 11.3 Å². The van der Waals surface area contributed by atoms with Gasteiger partial charge in [0.05, 0.1) is 6.20 Å². The quantitative estimate of drug-likeness (QED) is 0.867. The standard InChI is InChI=1S/C15H19N3/c1-2-4-13(5-3-1)14-11-17-18-15(14)10-12-6-8-16-9-7-12/h1-5,11-12,16H,6-10H2,(H,17,18). The van der Waals surface area contributed by atoms with Crippen molar-refractivity contribution in [3.63, 3.8) is 0 Å². The fourth-order valence-corrected chi connectivity index (χ4v) is 2.71. The summed E-state index contributed by atoms with van der Waals surface area (Å²) in [6.07, 6.45) is 5.61. The van der Waals surface area contributed by atoms with E-state index in [1.807, 2.05) is 6.20 Å². The maximum absolute atomic E-state index is 4.22. The fraction of sp³-hybridized carbons (Fsp3) is 0.400. The van der Waals surface area contributed by atoms with E-state index in [-0.39, 0.29) is 0 Å². The summed E-state index contributed by atoms with van der Waals surface area (Å²) in [4.78, 5) is 0. The summed E-state index contributed by atoms with van der Waals surface area (Å²) in [7, 11) is 0. The topological polar surface area (TPSA) is 40.7 Å². The molecule has 1 fully saturated rings. The van der Waals surface area contributed by atoms with Crippen molar-refractivity contribution in [3.8, 4) is 11.1 Å². The van der Waals surface area contributed by atoms with Crippen molar-refractivity contribution in [2.24, 2.45) is 5.92 Å². The van der Waals surface area contributed by atoms with Crippen LogP contribution in [0, 0.1) is 5.92 Å². The number of piperidine rings is 1. The maximum atomic E-state index is 4.22. The molecule has 0 radical (unpaired) electrons. The van der Waals surface area contributed by atoms with Crippen molar-refractivity contribution < 1.29 is 0 Å². The molecule has 1 aliphatic heterocycles. The van der Waals surface area contributed by atoms with Gasteiger partial charge in [-0.3, -0.25) is 5.10 Å². The van der Waals surface area contributed by atoms with Gasteiger partial charge < -0.3 is 5.32 Å². The third-order valence-corrected chi connectivity index (χ3v) is 3.75. The molecule has 3 nitrogen and oxygen atoms in total. The van der Waals surface area contributed by atoms with Crippen LogP contribution in [0.5, 0.6) is 0 Å². The van der Waals surface area contributed by atoms with Gasteiger partial charge in [-0.15, -0.1) is 0 Å². The Hall–Kier alpha value is -1.61. The molecule has 1 aromatic carbocycles. The van der Waals surface area contributed by atoms with Gasteiger partial charge in [0.25, 0.3) is 0 Å². The molecule has 3 rings (SSSR count). The lowest BCUT2D eigenvalue weighted by atomic mass is 9.91. The van der Waals surface area contributed by atoms with Gasteiger partial charge in [0.2, 0.25) is 0 Å². The monoisotopic (exact) mass is 241 g/mol. The summed E-state index contributed by atoms with van der Waals surface area (Å²) < 4.78 is 0. The molecule has 18 heavy (non-hydrogen) atoms. The van der Waals surface area contributed by atoms with Crippen LogP contribution in [0.1, 0.15) is 18.5 Å². The van der Waals surface area contributed by atoms with E-state index in [0.29, 0.717) is 0 Å². The predicted octanol–water partition coefficient (Wildman–Crippen LogP) is 2.62. The molecule has 3 heteroatoms. The molecule has 0 bridgehead atoms. The van der Waals surface area contributed by atoms with Crippen LogP contribution in [0.25, 0.3) is 11.1 Å². The minimum atomic E-state index is 0.786. The molecule has 0 saturated carbocycles. The first kappa shape index (κ1) is 11.5. The van der Waals surface area contributed by atoms with Crippen LogP contribution in [-0.2, 0) is 6.42 Å². The molecular formula is C15H19N3. The van der Waals surface area contributed by atoms with E-state index in [9.17, 15) is 0 Å². The Morgan fingerprint density at radius 3 is 2.67 bits per heavy atom. The summed E-state index contributed by atoms with van der Waals surface area (Å²) in [5, 5.41) is 10.8. The van der Waals surface area contributed by atoms with Crippen molar-refractivity contribution in [1.29, 1.82) is 0 Å². The summed E-state index contributed by atoms with van der Waals surface area (Å²) in [5.41, 5.74) is 3.80. The van der Waals surface area contributed by atoms with E-state index in [0.717, 1.165) is 25.4 Å². The number of benzene rings is 1. The molecular weight excluding hydrogens is 222 g/mol. The minimum Gasteiger partial charge on any atom is -0.317 e. The Balaban J connectivity index is 1.79. The highest BCUT2D eigenvalue weighted by molar-refractivity contribution is 5.64. The van der Waals surface area contributed by atoms with E-state index >= 15 is 0 Å². The molecule has 0 unspecified atom stereocenters. The minimum absolute atomic E-state index is 0.786. The Morgan fingerprint density at radius 2 is 1.89 bits per heavy atom. The van der Waals surface area contributed by atoms with Crippen molar-refractivity contribution in [2.75, 3.05) is 13.1 Å². The number of H-pyrrole nitrogens is 1. The Morgan fingerprint density at radius 1 is 1.11 bits per heavy atom. The molecule has 1 saturated heterocycles. The van der Waals surface area contributed by atoms with Gasteiger partial charge in [-0.1, -0.05) is 30.3 Å². The molecule has 0 spiro atoms. The zero-order valence-corrected chi connectivity index (χ0v) is 10.5. The Kier molecular flexibility index (Phi) is 3.42. The summed E-state index contributed by atoms with van der Waals surface area (Å²) in [6.45, 7) is 2.30. The molecule has 1 aliphatic rings. The SMILES string of the molecule is c1ccc(-c2cn[nH]c2CC2CCNCC2)cc1. The second-order valence-electron chi connectivity index (χ2n) is 5.03. The lowest BCUT2D eigenvalue weighted by Gasteiger charge is -2.22. The van der Waals surface area contributed by atoms with Gasteiger partial charge in [-0.2, -0.15) is 5.10 Å². The van der Waals surface area contributed by atoms with Gasteiger partial charge in [-0.25, -0.2) is 0 Å². The number of rotatable bonds is 3. The van der Waals surface area contributed by atoms with Crippen LogP contribution in [0.15, 0.2) is 36.5 Å². The van der Waals surface area contributed by atoms with Crippen molar-refractivity contribution in [2.45, 2.75) is 19.3 Å². The van der Waals surface area contributed by atoms with Crippen LogP contribution < -0.4 is 5.32 Å². The van der Waals surface area contributed by atoms with Crippen molar-refractivity contribution in [1.82, 2.24) is 15.5 Å². The van der Waals surface area contributed by atoms with E-state index in [4.69, 9.17) is 0 Å². The number of aromatic amines is 1. The molecule has 0 amide bonds. The molecule has 94 valence electrons. The normalized spacial score (nSPS) is 16.9. The summed E-state index contributed by atoms with van der Waals surface area (Å²) >= 11 is 0. The summed E-state index contributed by atoms with van der Waals surface area (Å²) in [6, 6.07) is 10.5. The molecule has 1 aromatic heterocycles. The first-order chi connectivity index (χ1) is 8.93. The van der Waals surface area contributed by atoms with Crippen LogP contribution in [-0.4, -0.2) is 23.3 Å². The first-order valence-electron chi connectivity index (χ1n) is 6.72. The van der Waals surface area contributed by atoms with Crippen molar-refractivity contribution in [3.05, 3.63) is 42.2 Å². The highest BCUT2D eigenvalue weighted by Crippen LogP contribution is 2.25. The zero-order valence-electron chi connectivity index (χ0n) is 10.5. The highest BCUT2D eigenvalue weighted by atomic mass is 15.1. The molecule has 2 N–H and O–H groups in total. The summed E-state index contributed by atoms with van der Waals surface area (Å²) in [5.74, 6) is 0.786. The average molecular weight is 241 g/mol. The predicted molar refractivity (Wildman–Crippen MR) is 73.3 cm³/mol. The number of hydrogen-bond donors (Lipinski definition) is 2. The first-order valence-corrected chi connectivity index (χ1v) is 6.72. The third-order valence-electron chi connectivity index (χ3n) is 3.75. The Labute approximate surface area is 108 Å². The van der Waals surface area contributed by atoms with E-state index in [1.165, 1.54) is 29.7 Å². The second-order valence-corrected chi connectivity index (χ2v) is 5.03. The van der Waals surface area contributed by atoms with Crippen LogP contribution in [0.2, 0.25) is 0 Å². The maximum Gasteiger partial charge on any atom is 0.0568 e. The van der Waals surface area contributed by atoms with Gasteiger partial charge in [-0.05, 0) is 43.8 Å². The van der Waals surface area contributed by atoms with Crippen molar-refractivity contribution >= 4 is 0 Å². The van der Waals surface area contributed by atoms with Crippen LogP contribution >= 0.6 is 0 Å². The second kappa shape index (κ2) is 5.36. The highest BCUT2D eigenvalue weighted by Gasteiger charge is 2.16. The molecule has 2 aromatic rings. The lowest BCUT2D eigenvalue weighted by Crippen LogP contribution is -2.28. The van der Waals surface area contributed by atoms with Crippen LogP contribution in [0.3, 0.4) is 0 Å². The lowest BCUT2D eigenvalue weighted by molar-refractivity contribution is 0.370.